The van der Waals surface area contributed by atoms with Crippen molar-refractivity contribution in [2.24, 2.45) is 0 Å². The number of allylic oxidation sites excluding steroid dienone is 2. The third-order valence-corrected chi connectivity index (χ3v) is 9.41. The van der Waals surface area contributed by atoms with E-state index < -0.39 is 5.79 Å². The number of fused-ring (bicyclic) bond motifs is 5. The Morgan fingerprint density at radius 2 is 1.18 bits per heavy atom. The van der Waals surface area contributed by atoms with Gasteiger partial charge in [-0.25, -0.2) is 0 Å². The molecule has 0 bridgehead atoms. The molecule has 0 spiro atoms. The van der Waals surface area contributed by atoms with E-state index >= 15 is 0 Å². The van der Waals surface area contributed by atoms with Gasteiger partial charge in [-0.1, -0.05) is 78.9 Å². The number of ketones is 1. The summed E-state index contributed by atoms with van der Waals surface area (Å²) in [6, 6.07) is 27.1. The summed E-state index contributed by atoms with van der Waals surface area (Å²) in [5.41, 5.74) is 9.51. The summed E-state index contributed by atoms with van der Waals surface area (Å²) in [6.07, 6.45) is 5.29. The van der Waals surface area contributed by atoms with E-state index in [4.69, 9.17) is 9.47 Å². The first-order valence-electron chi connectivity index (χ1n) is 13.5. The summed E-state index contributed by atoms with van der Waals surface area (Å²) in [6.45, 7) is 0. The molecule has 0 aromatic heterocycles. The van der Waals surface area contributed by atoms with Crippen molar-refractivity contribution in [2.75, 3.05) is 14.2 Å². The summed E-state index contributed by atoms with van der Waals surface area (Å²) in [5, 5.41) is 10.5. The molecule has 0 saturated heterocycles. The van der Waals surface area contributed by atoms with Crippen LogP contribution in [0.3, 0.4) is 0 Å². The van der Waals surface area contributed by atoms with Crippen molar-refractivity contribution >= 4 is 54.4 Å². The number of hydrogen-bond donors (Lipinski definition) is 0. The summed E-state index contributed by atoms with van der Waals surface area (Å²) >= 11 is 0. The lowest BCUT2D eigenvalue weighted by Gasteiger charge is -2.34. The molecule has 9 rings (SSSR count). The topological polar surface area (TPSA) is 35.5 Å². The normalized spacial score (nSPS) is 17.0. The van der Waals surface area contributed by atoms with E-state index in [1.54, 1.807) is 6.08 Å². The number of methoxy groups -OCH3 is 2. The van der Waals surface area contributed by atoms with E-state index in [1.807, 2.05) is 6.08 Å². The van der Waals surface area contributed by atoms with E-state index in [2.05, 4.69) is 72.8 Å². The Morgan fingerprint density at radius 1 is 0.590 bits per heavy atom. The third kappa shape index (κ3) is 2.48. The minimum absolute atomic E-state index is 0.117. The fourth-order valence-electron chi connectivity index (χ4n) is 7.64. The minimum Gasteiger partial charge on any atom is -0.344 e. The number of carbonyl (C=O) groups is 1. The van der Waals surface area contributed by atoms with E-state index in [-0.39, 0.29) is 5.78 Å². The number of benzene rings is 6. The Hall–Kier alpha value is -4.31. The zero-order chi connectivity index (χ0) is 26.0. The highest BCUT2D eigenvalue weighted by atomic mass is 16.7. The Bertz CT molecular complexity index is 2140. The van der Waals surface area contributed by atoms with Gasteiger partial charge in [-0.3, -0.25) is 4.79 Å². The Labute approximate surface area is 225 Å². The quantitative estimate of drug-likeness (QED) is 0.137. The van der Waals surface area contributed by atoms with E-state index in [1.165, 1.54) is 85.1 Å². The molecular weight excluding hydrogens is 480 g/mol. The van der Waals surface area contributed by atoms with Gasteiger partial charge in [0.25, 0.3) is 5.79 Å². The van der Waals surface area contributed by atoms with E-state index in [9.17, 15) is 4.79 Å². The van der Waals surface area contributed by atoms with Gasteiger partial charge in [-0.2, -0.15) is 0 Å². The molecular formula is C36H24O3. The van der Waals surface area contributed by atoms with Crippen molar-refractivity contribution in [1.82, 2.24) is 0 Å². The van der Waals surface area contributed by atoms with Gasteiger partial charge in [-0.15, -0.1) is 0 Å². The third-order valence-electron chi connectivity index (χ3n) is 9.41. The van der Waals surface area contributed by atoms with Crippen molar-refractivity contribution in [3.63, 3.8) is 0 Å². The van der Waals surface area contributed by atoms with Gasteiger partial charge in [-0.05, 0) is 94.5 Å². The van der Waals surface area contributed by atoms with Crippen LogP contribution in [0.5, 0.6) is 0 Å². The monoisotopic (exact) mass is 504 g/mol. The molecule has 0 saturated carbocycles. The number of carbonyl (C=O) groups excluding carboxylic acids is 1. The highest BCUT2D eigenvalue weighted by Crippen LogP contribution is 2.50. The van der Waals surface area contributed by atoms with E-state index in [0.29, 0.717) is 6.42 Å². The van der Waals surface area contributed by atoms with E-state index in [0.717, 1.165) is 23.1 Å². The smallest absolute Gasteiger partial charge is 0.253 e. The molecule has 0 unspecified atom stereocenters. The highest BCUT2D eigenvalue weighted by molar-refractivity contribution is 6.36. The molecule has 6 aromatic rings. The molecule has 39 heavy (non-hydrogen) atoms. The lowest BCUT2D eigenvalue weighted by Crippen LogP contribution is -2.44. The number of Topliss-reactive ketones (excluding diaryl/α,β-unsaturated/α-hetero) is 1. The molecule has 3 nitrogen and oxygen atoms in total. The Kier molecular flexibility index (Phi) is 3.99. The second-order valence-electron chi connectivity index (χ2n) is 11.0. The summed E-state index contributed by atoms with van der Waals surface area (Å²) in [5.74, 6) is -1.47. The van der Waals surface area contributed by atoms with Gasteiger partial charge in [0.2, 0.25) is 5.78 Å². The summed E-state index contributed by atoms with van der Waals surface area (Å²) < 4.78 is 11.1. The Morgan fingerprint density at radius 3 is 1.87 bits per heavy atom. The van der Waals surface area contributed by atoms with Gasteiger partial charge in [0, 0.05) is 26.2 Å². The number of hydrogen-bond acceptors (Lipinski definition) is 3. The maximum absolute atomic E-state index is 13.6. The van der Waals surface area contributed by atoms with Gasteiger partial charge >= 0.3 is 0 Å². The van der Waals surface area contributed by atoms with Crippen LogP contribution >= 0.6 is 0 Å². The minimum atomic E-state index is -1.35. The molecule has 3 aliphatic carbocycles. The second kappa shape index (κ2) is 7.20. The lowest BCUT2D eigenvalue weighted by molar-refractivity contribution is -0.182. The molecule has 3 heteroatoms. The van der Waals surface area contributed by atoms with Gasteiger partial charge in [0.15, 0.2) is 0 Å². The second-order valence-corrected chi connectivity index (χ2v) is 11.0. The molecule has 0 amide bonds. The predicted molar refractivity (Wildman–Crippen MR) is 157 cm³/mol. The predicted octanol–water partition coefficient (Wildman–Crippen LogP) is 7.75. The van der Waals surface area contributed by atoms with Gasteiger partial charge in [0.1, 0.15) is 0 Å². The van der Waals surface area contributed by atoms with Gasteiger partial charge in [0.05, 0.1) is 0 Å². The van der Waals surface area contributed by atoms with Crippen LogP contribution in [-0.4, -0.2) is 25.8 Å². The van der Waals surface area contributed by atoms with Crippen LogP contribution in [0.15, 0.2) is 90.5 Å². The average molecular weight is 505 g/mol. The first kappa shape index (κ1) is 21.6. The maximum Gasteiger partial charge on any atom is 0.253 e. The van der Waals surface area contributed by atoms with Crippen molar-refractivity contribution in [2.45, 2.75) is 18.6 Å². The lowest BCUT2D eigenvalue weighted by atomic mass is 9.75. The molecule has 0 heterocycles. The van der Waals surface area contributed by atoms with Crippen LogP contribution in [-0.2, 0) is 27.1 Å². The maximum atomic E-state index is 13.6. The fraction of sp³-hybridized carbons (Fsp3) is 0.139. The summed E-state index contributed by atoms with van der Waals surface area (Å²) in [7, 11) is 3.04. The SMILES string of the molecule is COC1(OC)C=CC2=C(Cc3ccc4c5ccc6c7c(ccc(c8ccc2c3c84)c75)Cc2ccccc2-6)C1=O. The zero-order valence-electron chi connectivity index (χ0n) is 21.7. The largest absolute Gasteiger partial charge is 0.344 e. The van der Waals surface area contributed by atoms with Crippen LogP contribution in [0.25, 0.3) is 59.8 Å². The first-order valence-corrected chi connectivity index (χ1v) is 13.5. The summed E-state index contributed by atoms with van der Waals surface area (Å²) in [4.78, 5) is 13.6. The number of ether oxygens (including phenoxy) is 2. The fourth-order valence-corrected chi connectivity index (χ4v) is 7.64. The highest BCUT2D eigenvalue weighted by Gasteiger charge is 2.43. The van der Waals surface area contributed by atoms with Crippen molar-refractivity contribution < 1.29 is 14.3 Å². The molecule has 3 aliphatic rings. The standard InChI is InChI=1S/C36H24O3/c1-38-36(39-2)16-15-23-25-12-14-29-26-9-7-20-17-19-5-3-4-6-22(19)24-11-13-28(33(26)31(20)24)27-10-8-21(32(25)34(27)29)18-30(23)35(36)37/h3-16H,17-18H2,1-2H3. The van der Waals surface area contributed by atoms with Crippen molar-refractivity contribution in [3.05, 3.63) is 113 Å². The zero-order valence-corrected chi connectivity index (χ0v) is 21.7. The van der Waals surface area contributed by atoms with Crippen LogP contribution in [0.1, 0.15) is 22.3 Å². The van der Waals surface area contributed by atoms with Crippen LogP contribution in [0.2, 0.25) is 0 Å². The molecule has 0 fully saturated rings. The van der Waals surface area contributed by atoms with Crippen LogP contribution in [0.4, 0.5) is 0 Å². The average Bonchev–Trinajstić information content (AvgIpc) is 2.99. The van der Waals surface area contributed by atoms with Crippen LogP contribution < -0.4 is 0 Å². The number of rotatable bonds is 2. The van der Waals surface area contributed by atoms with Crippen LogP contribution in [0, 0.1) is 0 Å². The molecule has 0 N–H and O–H groups in total. The van der Waals surface area contributed by atoms with Crippen molar-refractivity contribution in [3.8, 4) is 11.1 Å². The Balaban J connectivity index is 1.39. The molecule has 6 aromatic carbocycles. The van der Waals surface area contributed by atoms with Gasteiger partial charge < -0.3 is 9.47 Å². The first-order chi connectivity index (χ1) is 19.1. The molecule has 0 aliphatic heterocycles. The molecule has 186 valence electrons. The van der Waals surface area contributed by atoms with Crippen molar-refractivity contribution in [1.29, 1.82) is 0 Å². The molecule has 0 radical (unpaired) electrons. The molecule has 0 atom stereocenters.